The van der Waals surface area contributed by atoms with Gasteiger partial charge in [-0.1, -0.05) is 0 Å². The van der Waals surface area contributed by atoms with E-state index in [1.807, 2.05) is 0 Å². The maximum atomic E-state index is 5.88. The van der Waals surface area contributed by atoms with Crippen LogP contribution in [0.4, 0.5) is 0 Å². The molecule has 0 aromatic heterocycles. The first-order valence-electron chi connectivity index (χ1n) is 3.31. The van der Waals surface area contributed by atoms with Crippen molar-refractivity contribution in [2.45, 2.75) is 32.3 Å². The minimum Gasteiger partial charge on any atom is -1.00 e. The number of alkyl halides is 6. The molecule has 0 unspecified atom stereocenters. The third-order valence-electron chi connectivity index (χ3n) is 1.83. The van der Waals surface area contributed by atoms with Gasteiger partial charge >= 0.3 is 17.4 Å². The number of hydrogen-bond acceptors (Lipinski definition) is 0. The Balaban J connectivity index is -0.0000000960. The molecule has 1 fully saturated rings. The van der Waals surface area contributed by atoms with Gasteiger partial charge in [0.25, 0.3) is 0 Å². The van der Waals surface area contributed by atoms with E-state index in [0.29, 0.717) is 0 Å². The van der Waals surface area contributed by atoms with Crippen LogP contribution in [0.1, 0.15) is 0 Å². The van der Waals surface area contributed by atoms with Crippen LogP contribution in [0.5, 0.6) is 0 Å². The summed E-state index contributed by atoms with van der Waals surface area (Å²) in [6.07, 6.45) is 0. The van der Waals surface area contributed by atoms with Crippen LogP contribution in [0, 0.1) is 0 Å². The first-order chi connectivity index (χ1) is 5.46. The van der Waals surface area contributed by atoms with E-state index in [1.165, 1.54) is 0 Å². The Bertz CT molecular complexity index is 117. The second kappa shape index (κ2) is 14.1. The summed E-state index contributed by atoms with van der Waals surface area (Å²) in [6, 6.07) is 0. The number of hydrogen-bond donors (Lipinski definition) is 0. The van der Waals surface area contributed by atoms with E-state index in [9.17, 15) is 0 Å². The van der Waals surface area contributed by atoms with Gasteiger partial charge in [-0.2, -0.15) is 0 Å². The molecule has 1 radical (unpaired) electrons. The molecule has 0 bridgehead atoms. The molecular formula is C6H8Cl9CrO. The summed E-state index contributed by atoms with van der Waals surface area (Å²) >= 11 is 35.3. The van der Waals surface area contributed by atoms with Gasteiger partial charge < -0.3 is 42.7 Å². The zero-order valence-electron chi connectivity index (χ0n) is 7.77. The standard InChI is InChI=1S/C6H6Cl6.3ClH.Cr.H2O/c7-1-2(8)4(10)6(12)5(11)3(1)9;;;;;/h1-6H;3*1H;;1H2/q;;;;+3;/p-3/t1-,2-,3-,4+,5+,6+;;;;;. The van der Waals surface area contributed by atoms with Crippen molar-refractivity contribution in [1.82, 2.24) is 0 Å². The van der Waals surface area contributed by atoms with Crippen molar-refractivity contribution in [1.29, 1.82) is 0 Å². The van der Waals surface area contributed by atoms with Crippen molar-refractivity contribution >= 4 is 69.6 Å². The smallest absolute Gasteiger partial charge is 1.00 e. The molecular weight excluding hydrogens is 459 g/mol. The Kier molecular flexibility index (Phi) is 26.6. The normalized spacial score (nSPS) is 39.2. The summed E-state index contributed by atoms with van der Waals surface area (Å²) in [5.74, 6) is 0. The summed E-state index contributed by atoms with van der Waals surface area (Å²) in [6.45, 7) is 0. The number of rotatable bonds is 0. The molecule has 0 heterocycles. The van der Waals surface area contributed by atoms with Gasteiger partial charge in [-0.3, -0.25) is 0 Å². The Morgan fingerprint density at radius 2 is 0.471 bits per heavy atom. The zero-order valence-corrected chi connectivity index (χ0v) is 15.9. The molecule has 1 saturated carbocycles. The zero-order chi connectivity index (χ0) is 9.46. The molecule has 1 nitrogen and oxygen atoms in total. The van der Waals surface area contributed by atoms with Crippen LogP contribution in [-0.2, 0) is 17.4 Å². The molecule has 0 aromatic carbocycles. The minimum atomic E-state index is -0.437. The molecule has 1 aliphatic carbocycles. The van der Waals surface area contributed by atoms with E-state index in [4.69, 9.17) is 69.6 Å². The average molecular weight is 467 g/mol. The van der Waals surface area contributed by atoms with Gasteiger partial charge in [0.1, 0.15) is 0 Å². The SMILES string of the molecule is Cl[C@H]1[C@H](Cl)[C@@H](Cl)[C@@H](Cl)[C@H](Cl)[C@H]1Cl.O.[Cl-].[Cl-].[Cl-].[Cr+3]. The molecule has 17 heavy (non-hydrogen) atoms. The number of halogens is 9. The summed E-state index contributed by atoms with van der Waals surface area (Å²) in [5.41, 5.74) is 0. The molecule has 11 heteroatoms. The average Bonchev–Trinajstić information content (AvgIpc) is 2.08. The first-order valence-corrected chi connectivity index (χ1v) is 5.93. The Morgan fingerprint density at radius 1 is 0.412 bits per heavy atom. The minimum absolute atomic E-state index is 0. The fourth-order valence-electron chi connectivity index (χ4n) is 1.05. The predicted molar refractivity (Wildman–Crippen MR) is 61.5 cm³/mol. The van der Waals surface area contributed by atoms with Crippen LogP contribution < -0.4 is 37.2 Å². The fraction of sp³-hybridized carbons (Fsp3) is 1.00. The monoisotopic (exact) mass is 463 g/mol. The topological polar surface area (TPSA) is 31.5 Å². The summed E-state index contributed by atoms with van der Waals surface area (Å²) < 4.78 is 0. The van der Waals surface area contributed by atoms with Crippen molar-refractivity contribution in [2.24, 2.45) is 0 Å². The van der Waals surface area contributed by atoms with E-state index in [2.05, 4.69) is 0 Å². The van der Waals surface area contributed by atoms with E-state index in [1.54, 1.807) is 0 Å². The molecule has 107 valence electrons. The summed E-state index contributed by atoms with van der Waals surface area (Å²) in [4.78, 5) is 0. The maximum absolute atomic E-state index is 5.88. The second-order valence-electron chi connectivity index (χ2n) is 2.67. The molecule has 0 saturated heterocycles. The van der Waals surface area contributed by atoms with Crippen LogP contribution in [-0.4, -0.2) is 37.7 Å². The first kappa shape index (κ1) is 32.2. The van der Waals surface area contributed by atoms with Gasteiger partial charge in [0.05, 0.1) is 32.3 Å². The quantitative estimate of drug-likeness (QED) is 0.318. The van der Waals surface area contributed by atoms with Gasteiger partial charge in [0.2, 0.25) is 0 Å². The molecule has 2 N–H and O–H groups in total. The van der Waals surface area contributed by atoms with E-state index in [0.717, 1.165) is 0 Å². The van der Waals surface area contributed by atoms with Crippen LogP contribution in [0.25, 0.3) is 0 Å². The van der Waals surface area contributed by atoms with E-state index in [-0.39, 0.29) is 60.1 Å². The summed E-state index contributed by atoms with van der Waals surface area (Å²) in [5, 5.41) is -2.62. The predicted octanol–water partition coefficient (Wildman–Crippen LogP) is -6.17. The van der Waals surface area contributed by atoms with Crippen molar-refractivity contribution in [2.75, 3.05) is 0 Å². The van der Waals surface area contributed by atoms with Crippen LogP contribution in [0.3, 0.4) is 0 Å². The van der Waals surface area contributed by atoms with Gasteiger partial charge in [-0.05, 0) is 0 Å². The van der Waals surface area contributed by atoms with Gasteiger partial charge in [0, 0.05) is 0 Å². The van der Waals surface area contributed by atoms with Crippen molar-refractivity contribution in [3.63, 3.8) is 0 Å². The molecule has 1 rings (SSSR count). The van der Waals surface area contributed by atoms with Crippen LogP contribution in [0.15, 0.2) is 0 Å². The molecule has 0 aliphatic heterocycles. The van der Waals surface area contributed by atoms with Crippen molar-refractivity contribution in [3.8, 4) is 0 Å². The second-order valence-corrected chi connectivity index (χ2v) is 5.69. The fourth-order valence-corrected chi connectivity index (χ4v) is 3.38. The summed E-state index contributed by atoms with van der Waals surface area (Å²) in [7, 11) is 0. The molecule has 0 aromatic rings. The Morgan fingerprint density at radius 3 is 0.529 bits per heavy atom. The Hall–Kier alpha value is 3.10. The van der Waals surface area contributed by atoms with Crippen molar-refractivity contribution < 1.29 is 60.1 Å². The Labute approximate surface area is 160 Å². The van der Waals surface area contributed by atoms with Crippen molar-refractivity contribution in [3.05, 3.63) is 0 Å². The third kappa shape index (κ3) is 7.61. The van der Waals surface area contributed by atoms with E-state index < -0.39 is 32.3 Å². The molecule has 0 amide bonds. The molecule has 0 spiro atoms. The molecule has 0 atom stereocenters. The molecule has 1 aliphatic rings. The van der Waals surface area contributed by atoms with Crippen LogP contribution >= 0.6 is 69.6 Å². The van der Waals surface area contributed by atoms with Gasteiger partial charge in [-0.25, -0.2) is 0 Å². The van der Waals surface area contributed by atoms with Gasteiger partial charge in [0.15, 0.2) is 0 Å². The third-order valence-corrected chi connectivity index (χ3v) is 5.86. The largest absolute Gasteiger partial charge is 3.00 e. The van der Waals surface area contributed by atoms with E-state index >= 15 is 0 Å². The maximum Gasteiger partial charge on any atom is 3.00 e. The van der Waals surface area contributed by atoms with Gasteiger partial charge in [-0.15, -0.1) is 69.6 Å². The van der Waals surface area contributed by atoms with Crippen LogP contribution in [0.2, 0.25) is 0 Å².